The van der Waals surface area contributed by atoms with Gasteiger partial charge in [-0.15, -0.1) is 0 Å². The average Bonchev–Trinajstić information content (AvgIpc) is 3.51. The van der Waals surface area contributed by atoms with Gasteiger partial charge in [0.1, 0.15) is 0 Å². The summed E-state index contributed by atoms with van der Waals surface area (Å²) in [7, 11) is -3.58. The molecule has 0 saturated heterocycles. The van der Waals surface area contributed by atoms with E-state index in [-0.39, 0.29) is 16.7 Å². The molecule has 0 spiro atoms. The number of sulfone groups is 1. The van der Waals surface area contributed by atoms with Gasteiger partial charge in [0.05, 0.1) is 21.3 Å². The zero-order chi connectivity index (χ0) is 28.6. The lowest BCUT2D eigenvalue weighted by molar-refractivity contribution is -0.0713. The Bertz CT molecular complexity index is 1230. The Labute approximate surface area is 243 Å². The van der Waals surface area contributed by atoms with Crippen LogP contribution >= 0.6 is 0 Å². The van der Waals surface area contributed by atoms with Crippen molar-refractivity contribution in [2.45, 2.75) is 133 Å². The van der Waals surface area contributed by atoms with E-state index in [4.69, 9.17) is 0 Å². The fourth-order valence-corrected chi connectivity index (χ4v) is 13.1. The molecule has 0 amide bonds. The topological polar surface area (TPSA) is 74.6 Å². The summed E-state index contributed by atoms with van der Waals surface area (Å²) in [5.41, 5.74) is 0.387. The van der Waals surface area contributed by atoms with E-state index in [0.29, 0.717) is 35.0 Å². The number of allylic oxidation sites excluding steroid dienone is 1. The number of benzene rings is 1. The van der Waals surface area contributed by atoms with Crippen LogP contribution in [0.1, 0.15) is 111 Å². The molecule has 2 N–H and O–H groups in total. The van der Waals surface area contributed by atoms with E-state index in [2.05, 4.69) is 26.8 Å². The molecule has 222 valence electrons. The Kier molecular flexibility index (Phi) is 7.19. The van der Waals surface area contributed by atoms with Crippen LogP contribution in [-0.2, 0) is 9.84 Å². The molecule has 2 unspecified atom stereocenters. The molecule has 4 fully saturated rings. The van der Waals surface area contributed by atoms with Crippen molar-refractivity contribution in [1.29, 1.82) is 0 Å². The van der Waals surface area contributed by atoms with Crippen LogP contribution in [0.15, 0.2) is 46.9 Å². The summed E-state index contributed by atoms with van der Waals surface area (Å²) in [6, 6.07) is 9.01. The number of rotatable bonds is 6. The van der Waals surface area contributed by atoms with Crippen molar-refractivity contribution < 1.29 is 18.6 Å². The molecule has 1 aromatic rings. The standard InChI is InChI=1S/C35H52O4S/c1-24(31(23-35(37)17-8-9-18-35)40(38,39)26-10-6-5-7-11-26)28-14-15-29-27-13-12-25-22-32(2,36)20-21-33(25,3)30(27)16-19-34(28,29)4/h5-7,10-12,24,27-31,36-37H,8-9,13-23H2,1-4H3/t24-,27-,28+,29-,30?,31?,32-,33-,34+/m0/s1. The lowest BCUT2D eigenvalue weighted by atomic mass is 9.46. The Morgan fingerprint density at radius 1 is 0.900 bits per heavy atom. The highest BCUT2D eigenvalue weighted by Gasteiger charge is 2.61. The van der Waals surface area contributed by atoms with Gasteiger partial charge in [-0.3, -0.25) is 0 Å². The van der Waals surface area contributed by atoms with Crippen LogP contribution < -0.4 is 0 Å². The van der Waals surface area contributed by atoms with Gasteiger partial charge in [-0.05, 0) is 130 Å². The van der Waals surface area contributed by atoms with E-state index in [1.807, 2.05) is 25.1 Å². The van der Waals surface area contributed by atoms with Crippen molar-refractivity contribution in [3.8, 4) is 0 Å². The molecule has 0 bridgehead atoms. The van der Waals surface area contributed by atoms with Crippen molar-refractivity contribution in [2.24, 2.45) is 40.4 Å². The first-order chi connectivity index (χ1) is 18.8. The molecule has 4 nitrogen and oxygen atoms in total. The quantitative estimate of drug-likeness (QED) is 0.349. The maximum Gasteiger partial charge on any atom is 0.181 e. The van der Waals surface area contributed by atoms with Crippen LogP contribution in [-0.4, -0.2) is 35.1 Å². The summed E-state index contributed by atoms with van der Waals surface area (Å²) in [6.07, 6.45) is 14.8. The summed E-state index contributed by atoms with van der Waals surface area (Å²) >= 11 is 0. The van der Waals surface area contributed by atoms with Gasteiger partial charge >= 0.3 is 0 Å². The van der Waals surface area contributed by atoms with Gasteiger partial charge in [-0.2, -0.15) is 0 Å². The van der Waals surface area contributed by atoms with Gasteiger partial charge in [-0.1, -0.05) is 63.5 Å². The molecule has 4 saturated carbocycles. The number of hydrogen-bond acceptors (Lipinski definition) is 4. The molecule has 5 aliphatic carbocycles. The molecule has 0 aromatic heterocycles. The van der Waals surface area contributed by atoms with Crippen molar-refractivity contribution in [3.63, 3.8) is 0 Å². The van der Waals surface area contributed by atoms with Crippen LogP contribution in [0.5, 0.6) is 0 Å². The Balaban J connectivity index is 1.30. The molecular formula is C35H52O4S. The highest BCUT2D eigenvalue weighted by atomic mass is 32.2. The van der Waals surface area contributed by atoms with Crippen molar-refractivity contribution in [1.82, 2.24) is 0 Å². The van der Waals surface area contributed by atoms with Gasteiger partial charge in [-0.25, -0.2) is 8.42 Å². The van der Waals surface area contributed by atoms with Gasteiger partial charge < -0.3 is 10.2 Å². The predicted octanol–water partition coefficient (Wildman–Crippen LogP) is 7.49. The van der Waals surface area contributed by atoms with E-state index in [0.717, 1.165) is 64.2 Å². The minimum atomic E-state index is -3.58. The Hall–Kier alpha value is -1.17. The van der Waals surface area contributed by atoms with E-state index in [9.17, 15) is 18.6 Å². The first kappa shape index (κ1) is 28.9. The smallest absolute Gasteiger partial charge is 0.181 e. The van der Waals surface area contributed by atoms with Crippen molar-refractivity contribution in [3.05, 3.63) is 42.0 Å². The Morgan fingerprint density at radius 3 is 2.30 bits per heavy atom. The van der Waals surface area contributed by atoms with Crippen LogP contribution in [0.2, 0.25) is 0 Å². The molecule has 6 rings (SSSR count). The van der Waals surface area contributed by atoms with Crippen molar-refractivity contribution in [2.75, 3.05) is 0 Å². The average molecular weight is 569 g/mol. The number of aliphatic hydroxyl groups is 2. The van der Waals surface area contributed by atoms with Crippen LogP contribution in [0, 0.1) is 40.4 Å². The Morgan fingerprint density at radius 2 is 1.60 bits per heavy atom. The van der Waals surface area contributed by atoms with E-state index in [1.54, 1.807) is 12.1 Å². The minimum absolute atomic E-state index is 0.00330. The van der Waals surface area contributed by atoms with Gasteiger partial charge in [0, 0.05) is 0 Å². The zero-order valence-electron chi connectivity index (χ0n) is 25.2. The monoisotopic (exact) mass is 568 g/mol. The molecule has 5 heteroatoms. The second-order valence-corrected chi connectivity index (χ2v) is 17.7. The maximum absolute atomic E-state index is 14.3. The van der Waals surface area contributed by atoms with Crippen molar-refractivity contribution >= 4 is 9.84 Å². The van der Waals surface area contributed by atoms with E-state index < -0.39 is 26.3 Å². The molecule has 9 atom stereocenters. The fourth-order valence-electron chi connectivity index (χ4n) is 10.9. The zero-order valence-corrected chi connectivity index (χ0v) is 26.1. The summed E-state index contributed by atoms with van der Waals surface area (Å²) in [5.74, 6) is 2.27. The molecule has 1 aromatic carbocycles. The maximum atomic E-state index is 14.3. The second-order valence-electron chi connectivity index (χ2n) is 15.6. The third-order valence-corrected chi connectivity index (χ3v) is 15.6. The SMILES string of the molecule is C[C@H](C(CC1(O)CCCC1)S(=O)(=O)c1ccccc1)[C@H]1CC[C@H]2[C@@H]3CC=C4C[C@@](C)(O)CC[C@]4(C)C3CC[C@]12C. The lowest BCUT2D eigenvalue weighted by Gasteiger charge is -2.59. The molecule has 5 aliphatic rings. The summed E-state index contributed by atoms with van der Waals surface area (Å²) in [4.78, 5) is 0.405. The van der Waals surface area contributed by atoms with Crippen LogP contribution in [0.3, 0.4) is 0 Å². The third-order valence-electron chi connectivity index (χ3n) is 13.3. The van der Waals surface area contributed by atoms with Gasteiger partial charge in [0.2, 0.25) is 0 Å². The summed E-state index contributed by atoms with van der Waals surface area (Å²) in [5, 5.41) is 21.8. The largest absolute Gasteiger partial charge is 0.390 e. The highest BCUT2D eigenvalue weighted by molar-refractivity contribution is 7.92. The number of fused-ring (bicyclic) bond motifs is 5. The normalized spacial score (nSPS) is 42.3. The minimum Gasteiger partial charge on any atom is -0.390 e. The molecule has 0 heterocycles. The molecule has 0 radical (unpaired) electrons. The number of hydrogen-bond donors (Lipinski definition) is 2. The van der Waals surface area contributed by atoms with E-state index in [1.165, 1.54) is 18.4 Å². The summed E-state index contributed by atoms with van der Waals surface area (Å²) in [6.45, 7) is 9.18. The molecular weight excluding hydrogens is 516 g/mol. The van der Waals surface area contributed by atoms with Crippen LogP contribution in [0.25, 0.3) is 0 Å². The fraction of sp³-hybridized carbons (Fsp3) is 0.771. The van der Waals surface area contributed by atoms with Gasteiger partial charge in [0.25, 0.3) is 0 Å². The third kappa shape index (κ3) is 4.65. The first-order valence-corrected chi connectivity index (χ1v) is 17.8. The predicted molar refractivity (Wildman–Crippen MR) is 160 cm³/mol. The molecule has 40 heavy (non-hydrogen) atoms. The molecule has 0 aliphatic heterocycles. The highest BCUT2D eigenvalue weighted by Crippen LogP contribution is 2.68. The van der Waals surface area contributed by atoms with Crippen LogP contribution in [0.4, 0.5) is 0 Å². The first-order valence-electron chi connectivity index (χ1n) is 16.2. The summed E-state index contributed by atoms with van der Waals surface area (Å²) < 4.78 is 28.5. The van der Waals surface area contributed by atoms with Gasteiger partial charge in [0.15, 0.2) is 9.84 Å². The lowest BCUT2D eigenvalue weighted by Crippen LogP contribution is -2.52. The second kappa shape index (κ2) is 9.95. The van der Waals surface area contributed by atoms with E-state index >= 15 is 0 Å².